The van der Waals surface area contributed by atoms with Crippen LogP contribution < -0.4 is 4.83 Å². The van der Waals surface area contributed by atoms with Gasteiger partial charge in [-0.15, -0.1) is 0 Å². The van der Waals surface area contributed by atoms with Crippen molar-refractivity contribution in [2.24, 2.45) is 5.10 Å². The van der Waals surface area contributed by atoms with Crippen molar-refractivity contribution in [3.63, 3.8) is 0 Å². The zero-order valence-corrected chi connectivity index (χ0v) is 14.2. The van der Waals surface area contributed by atoms with Crippen LogP contribution in [0.25, 0.3) is 0 Å². The number of benzene rings is 2. The first-order valence-electron chi connectivity index (χ1n) is 7.06. The third-order valence-corrected chi connectivity index (χ3v) is 4.66. The summed E-state index contributed by atoms with van der Waals surface area (Å²) < 4.78 is 24.5. The number of nitro groups is 1. The summed E-state index contributed by atoms with van der Waals surface area (Å²) in [6, 6.07) is 12.1. The maximum absolute atomic E-state index is 12.3. The summed E-state index contributed by atoms with van der Waals surface area (Å²) in [4.78, 5) is 12.1. The Morgan fingerprint density at radius 3 is 2.44 bits per heavy atom. The summed E-state index contributed by atoms with van der Waals surface area (Å²) in [5, 5.41) is 23.5. The molecule has 0 aromatic heterocycles. The summed E-state index contributed by atoms with van der Waals surface area (Å²) in [5.74, 6) is 0. The van der Waals surface area contributed by atoms with Gasteiger partial charge in [0.25, 0.3) is 15.7 Å². The SMILES string of the molecule is CC(=NNS(=O)(=O)c1ccc(C)c([N+](=O)[O-])c1)c1ccc(C#N)cc1. The molecule has 25 heavy (non-hydrogen) atoms. The first kappa shape index (κ1) is 18.1. The van der Waals surface area contributed by atoms with E-state index < -0.39 is 14.9 Å². The van der Waals surface area contributed by atoms with Crippen LogP contribution in [-0.4, -0.2) is 19.1 Å². The molecule has 0 spiro atoms. The molecule has 0 aliphatic carbocycles. The quantitative estimate of drug-likeness (QED) is 0.499. The lowest BCUT2D eigenvalue weighted by atomic mass is 10.1. The molecule has 0 amide bonds. The van der Waals surface area contributed by atoms with E-state index >= 15 is 0 Å². The first-order valence-corrected chi connectivity index (χ1v) is 8.54. The van der Waals surface area contributed by atoms with Crippen molar-refractivity contribution in [2.75, 3.05) is 0 Å². The Kier molecular flexibility index (Phi) is 5.14. The average molecular weight is 358 g/mol. The smallest absolute Gasteiger partial charge is 0.258 e. The van der Waals surface area contributed by atoms with E-state index in [0.29, 0.717) is 22.4 Å². The third-order valence-electron chi connectivity index (χ3n) is 3.45. The summed E-state index contributed by atoms with van der Waals surface area (Å²) in [6.45, 7) is 3.12. The number of nitriles is 1. The van der Waals surface area contributed by atoms with Crippen LogP contribution in [0.4, 0.5) is 5.69 Å². The van der Waals surface area contributed by atoms with E-state index in [2.05, 4.69) is 9.93 Å². The largest absolute Gasteiger partial charge is 0.276 e. The minimum Gasteiger partial charge on any atom is -0.258 e. The van der Waals surface area contributed by atoms with Gasteiger partial charge in [0.15, 0.2) is 0 Å². The standard InChI is InChI=1S/C16H14N4O4S/c1-11-3-8-15(9-16(11)20(21)22)25(23,24)19-18-12(2)14-6-4-13(10-17)5-7-14/h3-9,19H,1-2H3. The Bertz CT molecular complexity index is 990. The second-order valence-electron chi connectivity index (χ2n) is 5.19. The second kappa shape index (κ2) is 7.11. The van der Waals surface area contributed by atoms with Crippen LogP contribution in [-0.2, 0) is 10.0 Å². The van der Waals surface area contributed by atoms with Gasteiger partial charge in [0.05, 0.1) is 27.2 Å². The third kappa shape index (κ3) is 4.19. The van der Waals surface area contributed by atoms with Gasteiger partial charge in [-0.3, -0.25) is 10.1 Å². The van der Waals surface area contributed by atoms with E-state index in [0.717, 1.165) is 6.07 Å². The molecule has 0 atom stereocenters. The maximum atomic E-state index is 12.3. The lowest BCUT2D eigenvalue weighted by Gasteiger charge is -2.06. The van der Waals surface area contributed by atoms with Gasteiger partial charge in [0.1, 0.15) is 0 Å². The topological polar surface area (TPSA) is 125 Å². The van der Waals surface area contributed by atoms with Crippen molar-refractivity contribution in [1.82, 2.24) is 4.83 Å². The monoisotopic (exact) mass is 358 g/mol. The fraction of sp³-hybridized carbons (Fsp3) is 0.125. The van der Waals surface area contributed by atoms with Gasteiger partial charge < -0.3 is 0 Å². The molecule has 0 fully saturated rings. The van der Waals surface area contributed by atoms with Crippen molar-refractivity contribution in [3.05, 3.63) is 69.3 Å². The zero-order chi connectivity index (χ0) is 18.6. The van der Waals surface area contributed by atoms with Crippen molar-refractivity contribution < 1.29 is 13.3 Å². The number of aryl methyl sites for hydroxylation is 1. The summed E-state index contributed by atoms with van der Waals surface area (Å²) in [6.07, 6.45) is 0. The lowest BCUT2D eigenvalue weighted by Crippen LogP contribution is -2.20. The van der Waals surface area contributed by atoms with Crippen molar-refractivity contribution in [3.8, 4) is 6.07 Å². The van der Waals surface area contributed by atoms with Gasteiger partial charge in [0, 0.05) is 11.6 Å². The van der Waals surface area contributed by atoms with Crippen molar-refractivity contribution >= 4 is 21.4 Å². The van der Waals surface area contributed by atoms with E-state index in [1.165, 1.54) is 19.1 Å². The van der Waals surface area contributed by atoms with Gasteiger partial charge in [-0.05, 0) is 37.6 Å². The Hall–Kier alpha value is -3.25. The number of rotatable bonds is 5. The molecule has 2 aromatic carbocycles. The van der Waals surface area contributed by atoms with E-state index in [4.69, 9.17) is 5.26 Å². The molecule has 0 saturated heterocycles. The van der Waals surface area contributed by atoms with Crippen molar-refractivity contribution in [2.45, 2.75) is 18.7 Å². The molecular formula is C16H14N4O4S. The van der Waals surface area contributed by atoms with Crippen LogP contribution in [0, 0.1) is 28.4 Å². The number of nitrogens with zero attached hydrogens (tertiary/aromatic N) is 3. The lowest BCUT2D eigenvalue weighted by molar-refractivity contribution is -0.385. The molecule has 1 N–H and O–H groups in total. The summed E-state index contributed by atoms with van der Waals surface area (Å²) in [5.41, 5.74) is 1.58. The van der Waals surface area contributed by atoms with E-state index in [-0.39, 0.29) is 10.6 Å². The Morgan fingerprint density at radius 2 is 1.88 bits per heavy atom. The summed E-state index contributed by atoms with van der Waals surface area (Å²) in [7, 11) is -4.04. The highest BCUT2D eigenvalue weighted by atomic mass is 32.2. The molecule has 0 bridgehead atoms. The van der Waals surface area contributed by atoms with E-state index in [1.807, 2.05) is 6.07 Å². The first-order chi connectivity index (χ1) is 11.7. The fourth-order valence-electron chi connectivity index (χ4n) is 1.98. The van der Waals surface area contributed by atoms with Crippen LogP contribution in [0.3, 0.4) is 0 Å². The van der Waals surface area contributed by atoms with Gasteiger partial charge in [-0.25, -0.2) is 0 Å². The Labute approximate surface area is 144 Å². The molecular weight excluding hydrogens is 344 g/mol. The van der Waals surface area contributed by atoms with Crippen LogP contribution in [0.2, 0.25) is 0 Å². The van der Waals surface area contributed by atoms with Gasteiger partial charge in [-0.2, -0.15) is 23.6 Å². The number of hydrogen-bond acceptors (Lipinski definition) is 6. The predicted molar refractivity (Wildman–Crippen MR) is 91.5 cm³/mol. The van der Waals surface area contributed by atoms with Crippen LogP contribution in [0.1, 0.15) is 23.6 Å². The number of hydrazone groups is 1. The molecule has 8 nitrogen and oxygen atoms in total. The molecule has 0 heterocycles. The van der Waals surface area contributed by atoms with Gasteiger partial charge >= 0.3 is 0 Å². The second-order valence-corrected chi connectivity index (χ2v) is 6.85. The molecule has 0 radical (unpaired) electrons. The van der Waals surface area contributed by atoms with E-state index in [9.17, 15) is 18.5 Å². The molecule has 0 aliphatic rings. The summed E-state index contributed by atoms with van der Waals surface area (Å²) >= 11 is 0. The fourth-order valence-corrected chi connectivity index (χ4v) is 2.86. The minimum atomic E-state index is -4.04. The number of hydrogen-bond donors (Lipinski definition) is 1. The van der Waals surface area contributed by atoms with Gasteiger partial charge in [-0.1, -0.05) is 18.2 Å². The zero-order valence-electron chi connectivity index (χ0n) is 13.4. The number of nitrogens with one attached hydrogen (secondary N) is 1. The normalized spacial score (nSPS) is 11.6. The highest BCUT2D eigenvalue weighted by Crippen LogP contribution is 2.22. The predicted octanol–water partition coefficient (Wildman–Crippen LogP) is 2.48. The molecule has 0 aliphatic heterocycles. The van der Waals surface area contributed by atoms with Crippen LogP contribution in [0.15, 0.2) is 52.5 Å². The van der Waals surface area contributed by atoms with Crippen LogP contribution in [0.5, 0.6) is 0 Å². The number of sulfonamides is 1. The van der Waals surface area contributed by atoms with Crippen LogP contribution >= 0.6 is 0 Å². The average Bonchev–Trinajstić information content (AvgIpc) is 2.59. The Balaban J connectivity index is 2.27. The Morgan fingerprint density at radius 1 is 1.24 bits per heavy atom. The molecule has 0 saturated carbocycles. The maximum Gasteiger partial charge on any atom is 0.276 e. The van der Waals surface area contributed by atoms with Gasteiger partial charge in [0.2, 0.25) is 0 Å². The highest BCUT2D eigenvalue weighted by Gasteiger charge is 2.19. The number of nitro benzene ring substituents is 1. The molecule has 0 unspecified atom stereocenters. The van der Waals surface area contributed by atoms with E-state index in [1.54, 1.807) is 31.2 Å². The molecule has 128 valence electrons. The molecule has 2 aromatic rings. The highest BCUT2D eigenvalue weighted by molar-refractivity contribution is 7.89. The molecule has 9 heteroatoms. The molecule has 2 rings (SSSR count). The minimum absolute atomic E-state index is 0.249. The van der Waals surface area contributed by atoms with Crippen molar-refractivity contribution in [1.29, 1.82) is 5.26 Å².